The fourth-order valence-electron chi connectivity index (χ4n) is 3.54. The molecule has 3 aromatic carbocycles. The molecule has 0 bridgehead atoms. The van der Waals surface area contributed by atoms with Gasteiger partial charge in [-0.15, -0.1) is 0 Å². The molecular weight excluding hydrogens is 518 g/mol. The van der Waals surface area contributed by atoms with E-state index >= 15 is 0 Å². The molecule has 0 amide bonds. The van der Waals surface area contributed by atoms with Crippen LogP contribution in [-0.2, 0) is 0 Å². The maximum absolute atomic E-state index is 2.44. The molecule has 0 aliphatic rings. The fourth-order valence-corrected chi connectivity index (χ4v) is 12.4. The summed E-state index contributed by atoms with van der Waals surface area (Å²) in [5, 5.41) is 6.56. The number of rotatable bonds is 4. The second kappa shape index (κ2) is 10.9. The average Bonchev–Trinajstić information content (AvgIpc) is 3.28. The van der Waals surface area contributed by atoms with Crippen LogP contribution in [0.2, 0.25) is 14.8 Å². The van der Waals surface area contributed by atoms with Crippen molar-refractivity contribution < 1.29 is 0 Å². The molecule has 0 saturated heterocycles. The summed E-state index contributed by atoms with van der Waals surface area (Å²) < 4.78 is 1.67. The number of hydrogen-bond acceptors (Lipinski definition) is 1. The van der Waals surface area contributed by atoms with Gasteiger partial charge in [-0.1, -0.05) is 72.8 Å². The SMILES string of the molecule is Cc1ccccc1P(c1ccccc1C)c1ccccc1C.[CH3][Sn]([CH3])([CH3])[c]1cccs1. The molecule has 0 saturated carbocycles. The van der Waals surface area contributed by atoms with E-state index in [1.807, 2.05) is 11.3 Å². The van der Waals surface area contributed by atoms with Crippen molar-refractivity contribution in [1.29, 1.82) is 0 Å². The van der Waals surface area contributed by atoms with E-state index in [1.54, 1.807) is 2.89 Å². The zero-order valence-electron chi connectivity index (χ0n) is 19.5. The van der Waals surface area contributed by atoms with E-state index in [4.69, 9.17) is 0 Å². The van der Waals surface area contributed by atoms with Crippen LogP contribution in [0.4, 0.5) is 0 Å². The molecule has 0 unspecified atom stereocenters. The molecule has 3 heteroatoms. The summed E-state index contributed by atoms with van der Waals surface area (Å²) in [5.41, 5.74) is 4.13. The summed E-state index contributed by atoms with van der Waals surface area (Å²) in [7, 11) is -0.508. The van der Waals surface area contributed by atoms with Gasteiger partial charge in [-0.2, -0.15) is 0 Å². The van der Waals surface area contributed by atoms with Crippen molar-refractivity contribution in [3.05, 3.63) is 107 Å². The first-order valence-electron chi connectivity index (χ1n) is 10.8. The third kappa shape index (κ3) is 6.31. The zero-order chi connectivity index (χ0) is 22.4. The Morgan fingerprint density at radius 2 is 0.935 bits per heavy atom. The molecule has 160 valence electrons. The second-order valence-corrected chi connectivity index (χ2v) is 27.4. The predicted molar refractivity (Wildman–Crippen MR) is 147 cm³/mol. The Balaban J connectivity index is 0.000000254. The topological polar surface area (TPSA) is 0 Å². The van der Waals surface area contributed by atoms with Crippen molar-refractivity contribution in [3.63, 3.8) is 0 Å². The third-order valence-corrected chi connectivity index (χ3v) is 18.8. The first-order valence-corrected chi connectivity index (χ1v) is 23.0. The van der Waals surface area contributed by atoms with Gasteiger partial charge in [0.25, 0.3) is 0 Å². The Labute approximate surface area is 198 Å². The molecule has 0 radical (unpaired) electrons. The first-order chi connectivity index (χ1) is 14.8. The van der Waals surface area contributed by atoms with Gasteiger partial charge in [0.2, 0.25) is 0 Å². The van der Waals surface area contributed by atoms with Gasteiger partial charge in [0.05, 0.1) is 0 Å². The second-order valence-electron chi connectivity index (χ2n) is 8.92. The molecule has 0 nitrogen and oxygen atoms in total. The van der Waals surface area contributed by atoms with Gasteiger partial charge < -0.3 is 0 Å². The summed E-state index contributed by atoms with van der Waals surface area (Å²) >= 11 is 0.293. The van der Waals surface area contributed by atoms with Crippen LogP contribution in [0.1, 0.15) is 16.7 Å². The molecule has 0 atom stereocenters. The number of thiophene rings is 1. The van der Waals surface area contributed by atoms with Crippen molar-refractivity contribution in [3.8, 4) is 0 Å². The monoisotopic (exact) mass is 552 g/mol. The molecule has 1 heterocycles. The molecule has 0 aliphatic heterocycles. The zero-order valence-corrected chi connectivity index (χ0v) is 24.1. The molecule has 0 N–H and O–H groups in total. The van der Waals surface area contributed by atoms with Crippen LogP contribution in [0.15, 0.2) is 90.3 Å². The van der Waals surface area contributed by atoms with Crippen LogP contribution in [-0.4, -0.2) is 18.4 Å². The summed E-state index contributed by atoms with van der Waals surface area (Å²) in [6.07, 6.45) is 0. The van der Waals surface area contributed by atoms with Crippen LogP contribution in [0.5, 0.6) is 0 Å². The Hall–Kier alpha value is -1.41. The van der Waals surface area contributed by atoms with Gasteiger partial charge in [-0.3, -0.25) is 0 Å². The number of hydrogen-bond donors (Lipinski definition) is 0. The van der Waals surface area contributed by atoms with Crippen LogP contribution in [0, 0.1) is 20.8 Å². The van der Waals surface area contributed by atoms with E-state index in [0.717, 1.165) is 0 Å². The van der Waals surface area contributed by atoms with E-state index in [9.17, 15) is 0 Å². The van der Waals surface area contributed by atoms with Gasteiger partial charge >= 0.3 is 64.9 Å². The van der Waals surface area contributed by atoms with E-state index in [0.29, 0.717) is 0 Å². The number of aryl methyl sites for hydroxylation is 3. The van der Waals surface area contributed by atoms with Gasteiger partial charge in [0.1, 0.15) is 0 Å². The molecular formula is C28H33PSSn. The fraction of sp³-hybridized carbons (Fsp3) is 0.214. The summed E-state index contributed by atoms with van der Waals surface area (Å²) in [5.74, 6) is 0. The number of benzene rings is 3. The van der Waals surface area contributed by atoms with Crippen molar-refractivity contribution in [2.45, 2.75) is 35.6 Å². The van der Waals surface area contributed by atoms with Crippen LogP contribution >= 0.6 is 19.3 Å². The van der Waals surface area contributed by atoms with E-state index in [2.05, 4.69) is 126 Å². The Morgan fingerprint density at radius 3 is 1.19 bits per heavy atom. The molecule has 1 aromatic heterocycles. The minimum absolute atomic E-state index is 0.508. The van der Waals surface area contributed by atoms with Gasteiger partial charge in [0, 0.05) is 0 Å². The Kier molecular flexibility index (Phi) is 8.56. The summed E-state index contributed by atoms with van der Waals surface area (Å²) in [6.45, 7) is 6.67. The Morgan fingerprint density at radius 1 is 0.548 bits per heavy atom. The van der Waals surface area contributed by atoms with Crippen molar-refractivity contribution in [2.75, 3.05) is 0 Å². The summed E-state index contributed by atoms with van der Waals surface area (Å²) in [6, 6.07) is 30.8. The van der Waals surface area contributed by atoms with Crippen LogP contribution in [0.25, 0.3) is 0 Å². The van der Waals surface area contributed by atoms with Gasteiger partial charge in [0.15, 0.2) is 0 Å². The molecule has 0 spiro atoms. The molecule has 31 heavy (non-hydrogen) atoms. The predicted octanol–water partition coefficient (Wildman–Crippen LogP) is 6.66. The van der Waals surface area contributed by atoms with Gasteiger partial charge in [-0.05, 0) is 61.3 Å². The van der Waals surface area contributed by atoms with Crippen molar-refractivity contribution >= 4 is 56.4 Å². The third-order valence-electron chi connectivity index (χ3n) is 5.33. The van der Waals surface area contributed by atoms with E-state index in [-0.39, 0.29) is 0 Å². The first kappa shape index (κ1) is 24.2. The van der Waals surface area contributed by atoms with Gasteiger partial charge in [-0.25, -0.2) is 0 Å². The molecule has 0 aliphatic carbocycles. The normalized spacial score (nSPS) is 11.2. The van der Waals surface area contributed by atoms with Crippen molar-refractivity contribution in [1.82, 2.24) is 0 Å². The van der Waals surface area contributed by atoms with Crippen LogP contribution < -0.4 is 18.8 Å². The molecule has 4 rings (SSSR count). The Bertz CT molecular complexity index is 1000. The standard InChI is InChI=1S/C21H21P.C4H3S.3CH3.Sn/c1-16-10-4-7-13-19(16)22(20-14-8-5-11-17(20)2)21-15-9-6-12-18(21)3;1-2-4-5-3-1;;;;/h4-15H,1-3H3;1-3H;3*1H3;. The maximum atomic E-state index is 2.44. The molecule has 4 aromatic rings. The summed E-state index contributed by atoms with van der Waals surface area (Å²) in [4.78, 5) is 7.33. The van der Waals surface area contributed by atoms with E-state index < -0.39 is 26.3 Å². The average molecular weight is 551 g/mol. The minimum atomic E-state index is -1.63. The van der Waals surface area contributed by atoms with E-state index in [1.165, 1.54) is 32.6 Å². The van der Waals surface area contributed by atoms with Crippen LogP contribution in [0.3, 0.4) is 0 Å². The van der Waals surface area contributed by atoms with Crippen molar-refractivity contribution in [2.24, 2.45) is 0 Å². The quantitative estimate of drug-likeness (QED) is 0.197. The molecule has 0 fully saturated rings.